The van der Waals surface area contributed by atoms with Gasteiger partial charge in [0, 0.05) is 5.56 Å². The molecule has 0 saturated heterocycles. The van der Waals surface area contributed by atoms with Crippen molar-refractivity contribution in [1.82, 2.24) is 0 Å². The van der Waals surface area contributed by atoms with E-state index in [-0.39, 0.29) is 17.2 Å². The van der Waals surface area contributed by atoms with Gasteiger partial charge in [0.1, 0.15) is 11.8 Å². The van der Waals surface area contributed by atoms with Crippen LogP contribution in [0.1, 0.15) is 36.6 Å². The Balaban J connectivity index is 1.75. The number of para-hydroxylation sites is 1. The van der Waals surface area contributed by atoms with Crippen LogP contribution in [0.25, 0.3) is 6.08 Å². The lowest BCUT2D eigenvalue weighted by Crippen LogP contribution is -2.22. The fourth-order valence-electron chi connectivity index (χ4n) is 3.31. The number of rotatable bonds is 8. The molecule has 2 unspecified atom stereocenters. The highest BCUT2D eigenvalue weighted by atomic mass is 19.4. The first-order valence-corrected chi connectivity index (χ1v) is 11.1. The predicted molar refractivity (Wildman–Crippen MR) is 126 cm³/mol. The second-order valence-corrected chi connectivity index (χ2v) is 8.30. The van der Waals surface area contributed by atoms with E-state index in [1.165, 1.54) is 36.4 Å². The molecule has 2 atom stereocenters. The van der Waals surface area contributed by atoms with Crippen molar-refractivity contribution in [3.05, 3.63) is 101 Å². The third-order valence-corrected chi connectivity index (χ3v) is 5.30. The third kappa shape index (κ3) is 6.95. The van der Waals surface area contributed by atoms with Crippen LogP contribution in [0.3, 0.4) is 0 Å². The van der Waals surface area contributed by atoms with Crippen LogP contribution in [0.15, 0.2) is 78.9 Å². The van der Waals surface area contributed by atoms with Crippen LogP contribution in [0.2, 0.25) is 0 Å². The van der Waals surface area contributed by atoms with E-state index >= 15 is 0 Å². The number of carbonyl (C=O) groups excluding carboxylic acids is 1. The lowest BCUT2D eigenvalue weighted by atomic mass is 9.94. The summed E-state index contributed by atoms with van der Waals surface area (Å²) in [7, 11) is 0. The number of benzene rings is 3. The molecule has 0 amide bonds. The van der Waals surface area contributed by atoms with Gasteiger partial charge < -0.3 is 9.47 Å². The molecule has 0 bridgehead atoms. The lowest BCUT2D eigenvalue weighted by molar-refractivity contribution is -0.151. The molecule has 0 heterocycles. The molecule has 0 radical (unpaired) electrons. The molecule has 0 aromatic heterocycles. The van der Waals surface area contributed by atoms with Crippen LogP contribution >= 0.6 is 0 Å². The number of esters is 1. The Bertz CT molecular complexity index is 1250. The highest BCUT2D eigenvalue weighted by molar-refractivity contribution is 5.76. The van der Waals surface area contributed by atoms with Crippen molar-refractivity contribution in [2.75, 3.05) is 0 Å². The molecule has 186 valence electrons. The molecule has 36 heavy (non-hydrogen) atoms. The van der Waals surface area contributed by atoms with Crippen molar-refractivity contribution in [1.29, 1.82) is 5.26 Å². The first-order valence-electron chi connectivity index (χ1n) is 11.1. The number of hydrogen-bond acceptors (Lipinski definition) is 4. The standard InChI is InChI=1S/C28H23F4NO3/c1-18(2)23(14-10-19-8-12-21(13-9-19)28(30,31)32)27(34)36-26(17-33)20-11-15-24(29)25(16-20)35-22-6-4-3-5-7-22/h3-16,18,23,26H,1-2H3. The van der Waals surface area contributed by atoms with E-state index in [2.05, 4.69) is 0 Å². The van der Waals surface area contributed by atoms with Crippen molar-refractivity contribution >= 4 is 12.0 Å². The van der Waals surface area contributed by atoms with Gasteiger partial charge in [0.15, 0.2) is 11.6 Å². The van der Waals surface area contributed by atoms with E-state index in [0.717, 1.165) is 18.2 Å². The predicted octanol–water partition coefficient (Wildman–Crippen LogP) is 7.73. The number of hydrogen-bond donors (Lipinski definition) is 0. The summed E-state index contributed by atoms with van der Waals surface area (Å²) in [5.74, 6) is -2.08. The number of ether oxygens (including phenoxy) is 2. The minimum Gasteiger partial charge on any atom is -0.454 e. The van der Waals surface area contributed by atoms with Crippen molar-refractivity contribution in [2.45, 2.75) is 26.1 Å². The van der Waals surface area contributed by atoms with E-state index < -0.39 is 35.5 Å². The van der Waals surface area contributed by atoms with Gasteiger partial charge in [-0.2, -0.15) is 18.4 Å². The Kier molecular flexibility index (Phi) is 8.49. The van der Waals surface area contributed by atoms with Crippen LogP contribution in [-0.2, 0) is 15.7 Å². The number of nitriles is 1. The third-order valence-electron chi connectivity index (χ3n) is 5.30. The van der Waals surface area contributed by atoms with Crippen LogP contribution in [0.5, 0.6) is 11.5 Å². The van der Waals surface area contributed by atoms with Gasteiger partial charge in [-0.15, -0.1) is 0 Å². The van der Waals surface area contributed by atoms with Gasteiger partial charge in [0.05, 0.1) is 11.5 Å². The number of nitrogens with zero attached hydrogens (tertiary/aromatic N) is 1. The van der Waals surface area contributed by atoms with Crippen LogP contribution in [0, 0.1) is 29.0 Å². The summed E-state index contributed by atoms with van der Waals surface area (Å²) in [5.41, 5.74) is -0.0711. The summed E-state index contributed by atoms with van der Waals surface area (Å²) in [5, 5.41) is 9.63. The van der Waals surface area contributed by atoms with Crippen molar-refractivity contribution < 1.29 is 31.8 Å². The van der Waals surface area contributed by atoms with Crippen molar-refractivity contribution in [2.24, 2.45) is 11.8 Å². The molecule has 0 spiro atoms. The Labute approximate surface area is 206 Å². The molecule has 8 heteroatoms. The summed E-state index contributed by atoms with van der Waals surface area (Å²) in [6.07, 6.45) is -2.71. The molecular weight excluding hydrogens is 474 g/mol. The van der Waals surface area contributed by atoms with Gasteiger partial charge >= 0.3 is 12.1 Å². The molecule has 0 N–H and O–H groups in total. The van der Waals surface area contributed by atoms with Gasteiger partial charge in [0.2, 0.25) is 6.10 Å². The lowest BCUT2D eigenvalue weighted by Gasteiger charge is -2.19. The fraction of sp³-hybridized carbons (Fsp3) is 0.214. The van der Waals surface area contributed by atoms with E-state index in [1.807, 2.05) is 6.07 Å². The van der Waals surface area contributed by atoms with Gasteiger partial charge in [-0.3, -0.25) is 4.79 Å². The second kappa shape index (κ2) is 11.5. The summed E-state index contributed by atoms with van der Waals surface area (Å²) >= 11 is 0. The van der Waals surface area contributed by atoms with Crippen LogP contribution in [0.4, 0.5) is 17.6 Å². The quantitative estimate of drug-likeness (QED) is 0.236. The molecule has 3 aromatic rings. The van der Waals surface area contributed by atoms with E-state index in [0.29, 0.717) is 11.3 Å². The summed E-state index contributed by atoms with van der Waals surface area (Å²) < 4.78 is 63.5. The first-order chi connectivity index (χ1) is 17.1. The summed E-state index contributed by atoms with van der Waals surface area (Å²) in [4.78, 5) is 12.9. The molecule has 0 fully saturated rings. The zero-order chi connectivity index (χ0) is 26.3. The van der Waals surface area contributed by atoms with Crippen LogP contribution < -0.4 is 4.74 Å². The summed E-state index contributed by atoms with van der Waals surface area (Å²) in [6.45, 7) is 3.54. The first kappa shape index (κ1) is 26.5. The molecule has 0 saturated carbocycles. The fourth-order valence-corrected chi connectivity index (χ4v) is 3.31. The number of carbonyl (C=O) groups is 1. The Morgan fingerprint density at radius 1 is 1.00 bits per heavy atom. The minimum atomic E-state index is -4.44. The van der Waals surface area contributed by atoms with Gasteiger partial charge in [-0.25, -0.2) is 4.39 Å². The molecular formula is C28H23F4NO3. The van der Waals surface area contributed by atoms with Gasteiger partial charge in [-0.05, 0) is 47.9 Å². The van der Waals surface area contributed by atoms with Crippen molar-refractivity contribution in [3.63, 3.8) is 0 Å². The topological polar surface area (TPSA) is 59.3 Å². The molecule has 0 aliphatic rings. The average Bonchev–Trinajstić information content (AvgIpc) is 2.84. The highest BCUT2D eigenvalue weighted by Gasteiger charge is 2.30. The molecule has 4 nitrogen and oxygen atoms in total. The van der Waals surface area contributed by atoms with Crippen molar-refractivity contribution in [3.8, 4) is 17.6 Å². The van der Waals surface area contributed by atoms with E-state index in [4.69, 9.17) is 9.47 Å². The Morgan fingerprint density at radius 2 is 1.67 bits per heavy atom. The maximum Gasteiger partial charge on any atom is 0.416 e. The Hall–Kier alpha value is -4.12. The van der Waals surface area contributed by atoms with Gasteiger partial charge in [-0.1, -0.05) is 62.4 Å². The smallest absolute Gasteiger partial charge is 0.416 e. The number of alkyl halides is 3. The maximum atomic E-state index is 14.3. The molecule has 3 rings (SSSR count). The maximum absolute atomic E-state index is 14.3. The largest absolute Gasteiger partial charge is 0.454 e. The normalized spacial score (nSPS) is 13.3. The molecule has 0 aliphatic carbocycles. The van der Waals surface area contributed by atoms with E-state index in [1.54, 1.807) is 44.2 Å². The van der Waals surface area contributed by atoms with Crippen LogP contribution in [-0.4, -0.2) is 5.97 Å². The summed E-state index contributed by atoms with van der Waals surface area (Å²) in [6, 6.07) is 18.7. The second-order valence-electron chi connectivity index (χ2n) is 8.30. The van der Waals surface area contributed by atoms with E-state index in [9.17, 15) is 27.6 Å². The molecule has 0 aliphatic heterocycles. The zero-order valence-corrected chi connectivity index (χ0v) is 19.5. The number of halogens is 4. The SMILES string of the molecule is CC(C)C(C=Cc1ccc(C(F)(F)F)cc1)C(=O)OC(C#N)c1ccc(F)c(Oc2ccccc2)c1. The zero-order valence-electron chi connectivity index (χ0n) is 19.5. The highest BCUT2D eigenvalue weighted by Crippen LogP contribution is 2.31. The average molecular weight is 497 g/mol. The van der Waals surface area contributed by atoms with Gasteiger partial charge in [0.25, 0.3) is 0 Å². The Morgan fingerprint density at radius 3 is 2.25 bits per heavy atom. The minimum absolute atomic E-state index is 0.127. The molecule has 3 aromatic carbocycles. The monoisotopic (exact) mass is 497 g/mol.